The Bertz CT molecular complexity index is 462. The highest BCUT2D eigenvalue weighted by atomic mass is 32.1. The molecule has 4 heteroatoms. The van der Waals surface area contributed by atoms with Crippen molar-refractivity contribution in [1.29, 1.82) is 0 Å². The minimum atomic E-state index is 0.589. The first-order valence-electron chi connectivity index (χ1n) is 7.50. The van der Waals surface area contributed by atoms with Crippen LogP contribution in [-0.4, -0.2) is 35.7 Å². The minimum Gasteiger partial charge on any atom is -0.381 e. The molecule has 0 bridgehead atoms. The van der Waals surface area contributed by atoms with E-state index in [1.54, 1.807) is 0 Å². The van der Waals surface area contributed by atoms with Crippen molar-refractivity contribution in [2.24, 2.45) is 11.3 Å². The standard InChI is InChI=1S/C15H22N2OS/c1-11-8-16-13(19-11)9-17-10-15(4-6-18-7-5-15)14(17)12-2-3-12/h8,12,14H,2-7,9-10H2,1H3. The Hall–Kier alpha value is -0.450. The van der Waals surface area contributed by atoms with Crippen LogP contribution in [-0.2, 0) is 11.3 Å². The third-order valence-electron chi connectivity index (χ3n) is 5.10. The Balaban J connectivity index is 1.48. The van der Waals surface area contributed by atoms with E-state index in [0.717, 1.165) is 31.7 Å². The largest absolute Gasteiger partial charge is 0.381 e. The number of hydrogen-bond acceptors (Lipinski definition) is 4. The van der Waals surface area contributed by atoms with Crippen LogP contribution in [0.3, 0.4) is 0 Å². The van der Waals surface area contributed by atoms with Crippen molar-refractivity contribution in [1.82, 2.24) is 9.88 Å². The van der Waals surface area contributed by atoms with E-state index in [-0.39, 0.29) is 0 Å². The molecule has 3 aliphatic rings. The molecule has 1 spiro atoms. The molecule has 1 aromatic heterocycles. The van der Waals surface area contributed by atoms with E-state index in [2.05, 4.69) is 16.8 Å². The number of aryl methyl sites for hydroxylation is 1. The lowest BCUT2D eigenvalue weighted by molar-refractivity contribution is -0.144. The van der Waals surface area contributed by atoms with Crippen molar-refractivity contribution >= 4 is 11.3 Å². The third kappa shape index (κ3) is 2.14. The molecule has 1 aliphatic carbocycles. The summed E-state index contributed by atoms with van der Waals surface area (Å²) < 4.78 is 5.58. The summed E-state index contributed by atoms with van der Waals surface area (Å²) in [6.07, 6.45) is 7.46. The van der Waals surface area contributed by atoms with Gasteiger partial charge < -0.3 is 4.74 Å². The molecule has 1 unspecified atom stereocenters. The van der Waals surface area contributed by atoms with Gasteiger partial charge in [-0.1, -0.05) is 0 Å². The number of hydrogen-bond donors (Lipinski definition) is 0. The number of rotatable bonds is 3. The van der Waals surface area contributed by atoms with E-state index in [9.17, 15) is 0 Å². The van der Waals surface area contributed by atoms with Gasteiger partial charge in [-0.3, -0.25) is 4.90 Å². The maximum Gasteiger partial charge on any atom is 0.107 e. The predicted octanol–water partition coefficient (Wildman–Crippen LogP) is 2.84. The van der Waals surface area contributed by atoms with E-state index in [1.807, 2.05) is 17.5 Å². The highest BCUT2D eigenvalue weighted by molar-refractivity contribution is 7.11. The van der Waals surface area contributed by atoms with Gasteiger partial charge in [0.05, 0.1) is 6.54 Å². The van der Waals surface area contributed by atoms with Crippen molar-refractivity contribution in [3.63, 3.8) is 0 Å². The molecule has 0 amide bonds. The lowest BCUT2D eigenvalue weighted by atomic mass is 9.64. The molecule has 2 aliphatic heterocycles. The molecule has 0 aromatic carbocycles. The fraction of sp³-hybridized carbons (Fsp3) is 0.800. The van der Waals surface area contributed by atoms with Gasteiger partial charge in [-0.2, -0.15) is 0 Å². The highest BCUT2D eigenvalue weighted by Crippen LogP contribution is 2.55. The molecule has 104 valence electrons. The van der Waals surface area contributed by atoms with Crippen molar-refractivity contribution < 1.29 is 4.74 Å². The van der Waals surface area contributed by atoms with Crippen LogP contribution >= 0.6 is 11.3 Å². The molecule has 19 heavy (non-hydrogen) atoms. The molecule has 2 saturated heterocycles. The zero-order valence-corrected chi connectivity index (χ0v) is 12.4. The van der Waals surface area contributed by atoms with Crippen LogP contribution in [0, 0.1) is 18.3 Å². The Labute approximate surface area is 119 Å². The molecule has 1 atom stereocenters. The van der Waals surface area contributed by atoms with E-state index >= 15 is 0 Å². The van der Waals surface area contributed by atoms with Crippen LogP contribution in [0.1, 0.15) is 35.6 Å². The summed E-state index contributed by atoms with van der Waals surface area (Å²) in [5, 5.41) is 1.30. The van der Waals surface area contributed by atoms with Gasteiger partial charge in [-0.15, -0.1) is 11.3 Å². The number of aromatic nitrogens is 1. The van der Waals surface area contributed by atoms with Gasteiger partial charge >= 0.3 is 0 Å². The van der Waals surface area contributed by atoms with E-state index in [0.29, 0.717) is 5.41 Å². The van der Waals surface area contributed by atoms with Crippen LogP contribution in [0.15, 0.2) is 6.20 Å². The zero-order valence-electron chi connectivity index (χ0n) is 11.6. The van der Waals surface area contributed by atoms with Gasteiger partial charge in [0.15, 0.2) is 0 Å². The van der Waals surface area contributed by atoms with Gasteiger partial charge in [0.2, 0.25) is 0 Å². The number of thiazole rings is 1. The number of nitrogens with zero attached hydrogens (tertiary/aromatic N) is 2. The fourth-order valence-electron chi connectivity index (χ4n) is 4.12. The maximum atomic E-state index is 5.58. The summed E-state index contributed by atoms with van der Waals surface area (Å²) in [6, 6.07) is 0.820. The van der Waals surface area contributed by atoms with Gasteiger partial charge in [0.1, 0.15) is 5.01 Å². The van der Waals surface area contributed by atoms with Crippen LogP contribution in [0.5, 0.6) is 0 Å². The molecule has 3 fully saturated rings. The Morgan fingerprint density at radius 2 is 2.21 bits per heavy atom. The first-order chi connectivity index (χ1) is 9.27. The topological polar surface area (TPSA) is 25.4 Å². The third-order valence-corrected chi connectivity index (χ3v) is 6.00. The van der Waals surface area contributed by atoms with Gasteiger partial charge in [0.25, 0.3) is 0 Å². The monoisotopic (exact) mass is 278 g/mol. The summed E-state index contributed by atoms with van der Waals surface area (Å²) in [5.74, 6) is 0.966. The average Bonchev–Trinajstić information content (AvgIpc) is 3.12. The van der Waals surface area contributed by atoms with Crippen molar-refractivity contribution in [3.8, 4) is 0 Å². The second-order valence-corrected chi connectivity index (χ2v) is 7.85. The molecule has 0 radical (unpaired) electrons. The van der Waals surface area contributed by atoms with E-state index < -0.39 is 0 Å². The Kier molecular flexibility index (Phi) is 2.94. The van der Waals surface area contributed by atoms with Gasteiger partial charge in [0, 0.05) is 42.3 Å². The summed E-state index contributed by atoms with van der Waals surface area (Å²) in [5.41, 5.74) is 0.589. The number of ether oxygens (including phenoxy) is 1. The molecule has 0 N–H and O–H groups in total. The first-order valence-corrected chi connectivity index (χ1v) is 8.32. The molecule has 1 aromatic rings. The predicted molar refractivity (Wildman–Crippen MR) is 76.3 cm³/mol. The van der Waals surface area contributed by atoms with E-state index in [1.165, 1.54) is 42.1 Å². The maximum absolute atomic E-state index is 5.58. The second-order valence-electron chi connectivity index (χ2n) is 6.53. The molecule has 4 rings (SSSR count). The molecule has 1 saturated carbocycles. The summed E-state index contributed by atoms with van der Waals surface area (Å²) >= 11 is 1.86. The summed E-state index contributed by atoms with van der Waals surface area (Å²) in [4.78, 5) is 8.57. The summed E-state index contributed by atoms with van der Waals surface area (Å²) in [6.45, 7) is 6.45. The Morgan fingerprint density at radius 3 is 2.84 bits per heavy atom. The number of likely N-dealkylation sites (tertiary alicyclic amines) is 1. The Morgan fingerprint density at radius 1 is 1.42 bits per heavy atom. The van der Waals surface area contributed by atoms with Gasteiger partial charge in [-0.25, -0.2) is 4.98 Å². The molecular formula is C15H22N2OS. The fourth-order valence-corrected chi connectivity index (χ4v) is 4.93. The van der Waals surface area contributed by atoms with Crippen LogP contribution in [0.4, 0.5) is 0 Å². The molecular weight excluding hydrogens is 256 g/mol. The average molecular weight is 278 g/mol. The highest BCUT2D eigenvalue weighted by Gasteiger charge is 2.57. The van der Waals surface area contributed by atoms with Crippen molar-refractivity contribution in [2.45, 2.75) is 45.2 Å². The van der Waals surface area contributed by atoms with Crippen molar-refractivity contribution in [2.75, 3.05) is 19.8 Å². The lowest BCUT2D eigenvalue weighted by Crippen LogP contribution is -2.66. The van der Waals surface area contributed by atoms with Crippen LogP contribution in [0.25, 0.3) is 0 Å². The molecule has 3 heterocycles. The van der Waals surface area contributed by atoms with Crippen LogP contribution < -0.4 is 0 Å². The van der Waals surface area contributed by atoms with Crippen molar-refractivity contribution in [3.05, 3.63) is 16.1 Å². The molecule has 3 nitrogen and oxygen atoms in total. The minimum absolute atomic E-state index is 0.589. The second kappa shape index (κ2) is 4.54. The summed E-state index contributed by atoms with van der Waals surface area (Å²) in [7, 11) is 0. The lowest BCUT2D eigenvalue weighted by Gasteiger charge is -2.59. The SMILES string of the molecule is Cc1cnc(CN2CC3(CCOCC3)C2C2CC2)s1. The van der Waals surface area contributed by atoms with E-state index in [4.69, 9.17) is 4.74 Å². The van der Waals surface area contributed by atoms with Crippen LogP contribution in [0.2, 0.25) is 0 Å². The zero-order chi connectivity index (χ0) is 12.9. The quantitative estimate of drug-likeness (QED) is 0.850. The first kappa shape index (κ1) is 12.3. The normalized spacial score (nSPS) is 30.5. The smallest absolute Gasteiger partial charge is 0.107 e. The van der Waals surface area contributed by atoms with Gasteiger partial charge in [-0.05, 0) is 38.5 Å².